The average molecular weight is 453 g/mol. The van der Waals surface area contributed by atoms with Crippen molar-refractivity contribution in [3.63, 3.8) is 0 Å². The highest BCUT2D eigenvalue weighted by atomic mass is 16.5. The van der Waals surface area contributed by atoms with Crippen molar-refractivity contribution in [2.24, 2.45) is 0 Å². The molecule has 0 spiro atoms. The average Bonchev–Trinajstić information content (AvgIpc) is 2.91. The fourth-order valence-electron chi connectivity index (χ4n) is 4.21. The Morgan fingerprint density at radius 1 is 0.588 bits per heavy atom. The van der Waals surface area contributed by atoms with Crippen LogP contribution in [0.25, 0.3) is 0 Å². The summed E-state index contributed by atoms with van der Waals surface area (Å²) in [6.07, 6.45) is 1.58. The summed E-state index contributed by atoms with van der Waals surface area (Å²) in [6.45, 7) is 3.51. The van der Waals surface area contributed by atoms with Gasteiger partial charge in [-0.1, -0.05) is 91.9 Å². The van der Waals surface area contributed by atoms with E-state index in [1.54, 1.807) is 0 Å². The molecule has 4 rings (SSSR count). The lowest BCUT2D eigenvalue weighted by atomic mass is 9.73. The predicted octanol–water partition coefficient (Wildman–Crippen LogP) is 6.92. The topological polar surface area (TPSA) is 38.7 Å². The molecule has 0 saturated heterocycles. The Kier molecular flexibility index (Phi) is 8.00. The van der Waals surface area contributed by atoms with Crippen LogP contribution in [0.2, 0.25) is 0 Å². The van der Waals surface area contributed by atoms with E-state index in [-0.39, 0.29) is 12.0 Å². The van der Waals surface area contributed by atoms with Crippen LogP contribution in [0, 0.1) is 0 Å². The zero-order valence-corrected chi connectivity index (χ0v) is 19.7. The molecule has 4 aromatic carbocycles. The first kappa shape index (κ1) is 23.6. The molecular weight excluding hydrogens is 420 g/mol. The van der Waals surface area contributed by atoms with Crippen molar-refractivity contribution in [1.29, 1.82) is 0 Å². The summed E-state index contributed by atoms with van der Waals surface area (Å²) < 4.78 is 11.9. The number of benzene rings is 4. The van der Waals surface area contributed by atoms with E-state index in [4.69, 9.17) is 9.47 Å². The molecule has 0 fully saturated rings. The third-order valence-electron chi connectivity index (χ3n) is 6.31. The highest BCUT2D eigenvalue weighted by molar-refractivity contribution is 5.42. The van der Waals surface area contributed by atoms with Gasteiger partial charge in [-0.15, -0.1) is 0 Å². The first-order valence-electron chi connectivity index (χ1n) is 11.8. The van der Waals surface area contributed by atoms with Crippen molar-refractivity contribution in [2.45, 2.75) is 38.4 Å². The molecule has 0 radical (unpaired) electrons. The van der Waals surface area contributed by atoms with E-state index in [0.717, 1.165) is 35.5 Å². The smallest absolute Gasteiger partial charge is 0.119 e. The van der Waals surface area contributed by atoms with Gasteiger partial charge in [-0.2, -0.15) is 0 Å². The van der Waals surface area contributed by atoms with E-state index in [0.29, 0.717) is 13.2 Å². The Morgan fingerprint density at radius 3 is 1.38 bits per heavy atom. The monoisotopic (exact) mass is 452 g/mol. The van der Waals surface area contributed by atoms with Gasteiger partial charge in [-0.25, -0.2) is 0 Å². The molecule has 0 atom stereocenters. The van der Waals surface area contributed by atoms with Gasteiger partial charge < -0.3 is 14.6 Å². The number of rotatable bonds is 11. The van der Waals surface area contributed by atoms with E-state index < -0.39 is 0 Å². The molecule has 0 amide bonds. The number of hydrogen-bond acceptors (Lipinski definition) is 3. The molecule has 0 aromatic heterocycles. The van der Waals surface area contributed by atoms with Gasteiger partial charge in [0.2, 0.25) is 0 Å². The van der Waals surface area contributed by atoms with Crippen LogP contribution in [0.1, 0.15) is 42.0 Å². The SMILES string of the molecule is CC(CCCO)(c1ccc(OCc2ccccc2)cc1)c1ccc(OCc2ccccc2)cc1. The molecule has 0 aliphatic rings. The second kappa shape index (κ2) is 11.5. The molecule has 0 saturated carbocycles. The second-order valence-electron chi connectivity index (χ2n) is 8.76. The zero-order valence-electron chi connectivity index (χ0n) is 19.7. The summed E-state index contributed by atoms with van der Waals surface area (Å²) in [5.41, 5.74) is 4.47. The zero-order chi connectivity index (χ0) is 23.6. The van der Waals surface area contributed by atoms with Gasteiger partial charge >= 0.3 is 0 Å². The number of ether oxygens (including phenoxy) is 2. The van der Waals surface area contributed by atoms with Crippen LogP contribution in [0.15, 0.2) is 109 Å². The second-order valence-corrected chi connectivity index (χ2v) is 8.76. The minimum atomic E-state index is -0.224. The first-order valence-corrected chi connectivity index (χ1v) is 11.8. The molecule has 0 bridgehead atoms. The van der Waals surface area contributed by atoms with Gasteiger partial charge in [-0.3, -0.25) is 0 Å². The molecule has 0 aliphatic heterocycles. The lowest BCUT2D eigenvalue weighted by molar-refractivity contribution is 0.272. The summed E-state index contributed by atoms with van der Waals surface area (Å²) in [5.74, 6) is 1.70. The van der Waals surface area contributed by atoms with E-state index in [1.807, 2.05) is 60.7 Å². The van der Waals surface area contributed by atoms with Crippen LogP contribution >= 0.6 is 0 Å². The van der Waals surface area contributed by atoms with Crippen molar-refractivity contribution >= 4 is 0 Å². The van der Waals surface area contributed by atoms with Crippen LogP contribution in [0.4, 0.5) is 0 Å². The quantitative estimate of drug-likeness (QED) is 0.268. The summed E-state index contributed by atoms with van der Waals surface area (Å²) in [5, 5.41) is 9.53. The number of aliphatic hydroxyl groups is 1. The van der Waals surface area contributed by atoms with Crippen molar-refractivity contribution in [2.75, 3.05) is 6.61 Å². The minimum Gasteiger partial charge on any atom is -0.489 e. The lowest BCUT2D eigenvalue weighted by Gasteiger charge is -2.31. The highest BCUT2D eigenvalue weighted by Gasteiger charge is 2.28. The summed E-state index contributed by atoms with van der Waals surface area (Å²) in [4.78, 5) is 0. The fraction of sp³-hybridized carbons (Fsp3) is 0.226. The number of aliphatic hydroxyl groups excluding tert-OH is 1. The number of hydrogen-bond donors (Lipinski definition) is 1. The molecule has 4 aromatic rings. The van der Waals surface area contributed by atoms with E-state index in [1.165, 1.54) is 11.1 Å². The maximum atomic E-state index is 9.53. The van der Waals surface area contributed by atoms with E-state index in [9.17, 15) is 5.11 Å². The lowest BCUT2D eigenvalue weighted by Crippen LogP contribution is -2.24. The Bertz CT molecular complexity index is 1030. The van der Waals surface area contributed by atoms with E-state index >= 15 is 0 Å². The Balaban J connectivity index is 1.47. The Hall–Kier alpha value is -3.56. The molecular formula is C31H32O3. The van der Waals surface area contributed by atoms with E-state index in [2.05, 4.69) is 55.5 Å². The van der Waals surface area contributed by atoms with Crippen molar-refractivity contribution < 1.29 is 14.6 Å². The van der Waals surface area contributed by atoms with Crippen LogP contribution in [0.3, 0.4) is 0 Å². The first-order chi connectivity index (χ1) is 16.7. The van der Waals surface area contributed by atoms with Crippen LogP contribution in [-0.2, 0) is 18.6 Å². The molecule has 34 heavy (non-hydrogen) atoms. The molecule has 1 N–H and O–H groups in total. The van der Waals surface area contributed by atoms with Gasteiger partial charge in [0, 0.05) is 12.0 Å². The van der Waals surface area contributed by atoms with Crippen molar-refractivity contribution in [3.05, 3.63) is 131 Å². The van der Waals surface area contributed by atoms with Gasteiger partial charge in [-0.05, 0) is 59.4 Å². The van der Waals surface area contributed by atoms with Crippen molar-refractivity contribution in [3.8, 4) is 11.5 Å². The van der Waals surface area contributed by atoms with Crippen LogP contribution in [-0.4, -0.2) is 11.7 Å². The van der Waals surface area contributed by atoms with Gasteiger partial charge in [0.25, 0.3) is 0 Å². The summed E-state index contributed by atoms with van der Waals surface area (Å²) in [6, 6.07) is 37.0. The van der Waals surface area contributed by atoms with Gasteiger partial charge in [0.1, 0.15) is 24.7 Å². The molecule has 3 heteroatoms. The summed E-state index contributed by atoms with van der Waals surface area (Å²) in [7, 11) is 0. The maximum Gasteiger partial charge on any atom is 0.119 e. The third-order valence-corrected chi connectivity index (χ3v) is 6.31. The molecule has 0 unspecified atom stereocenters. The fourth-order valence-corrected chi connectivity index (χ4v) is 4.21. The molecule has 0 heterocycles. The van der Waals surface area contributed by atoms with Crippen molar-refractivity contribution in [1.82, 2.24) is 0 Å². The maximum absolute atomic E-state index is 9.53. The Morgan fingerprint density at radius 2 is 1.00 bits per heavy atom. The molecule has 174 valence electrons. The van der Waals surface area contributed by atoms with Gasteiger partial charge in [0.15, 0.2) is 0 Å². The summed E-state index contributed by atoms with van der Waals surface area (Å²) >= 11 is 0. The molecule has 0 aliphatic carbocycles. The highest BCUT2D eigenvalue weighted by Crippen LogP contribution is 2.38. The third kappa shape index (κ3) is 6.06. The molecule has 3 nitrogen and oxygen atoms in total. The largest absolute Gasteiger partial charge is 0.489 e. The normalized spacial score (nSPS) is 11.2. The standard InChI is InChI=1S/C31H32O3/c1-31(21-8-22-32,27-13-17-29(18-14-27)33-23-25-9-4-2-5-10-25)28-15-19-30(20-16-28)34-24-26-11-6-3-7-12-26/h2-7,9-20,32H,8,21-24H2,1H3. The van der Waals surface area contributed by atoms with Crippen LogP contribution < -0.4 is 9.47 Å². The van der Waals surface area contributed by atoms with Crippen LogP contribution in [0.5, 0.6) is 11.5 Å². The Labute approximate surface area is 202 Å². The van der Waals surface area contributed by atoms with Gasteiger partial charge in [0.05, 0.1) is 0 Å². The predicted molar refractivity (Wildman–Crippen MR) is 137 cm³/mol. The minimum absolute atomic E-state index is 0.173.